The van der Waals surface area contributed by atoms with Gasteiger partial charge in [-0.25, -0.2) is 0 Å². The Hall–Kier alpha value is -2.16. The van der Waals surface area contributed by atoms with Gasteiger partial charge in [-0.1, -0.05) is 0 Å². The molecule has 0 saturated carbocycles. The predicted octanol–water partition coefficient (Wildman–Crippen LogP) is -2.81. The molecule has 0 heterocycles. The smallest absolute Gasteiger partial charge is 0.242 e. The Balaban J connectivity index is 4.39. The van der Waals surface area contributed by atoms with E-state index in [2.05, 4.69) is 15.6 Å². The molecule has 0 fully saturated rings. The van der Waals surface area contributed by atoms with Crippen LogP contribution in [0.3, 0.4) is 0 Å². The topological polar surface area (TPSA) is 166 Å². The molecule has 0 bridgehead atoms. The Morgan fingerprint density at radius 3 is 2.40 bits per heavy atom. The maximum Gasteiger partial charge on any atom is 0.242 e. The average molecular weight is 286 g/mol. The summed E-state index contributed by atoms with van der Waals surface area (Å²) in [6.45, 7) is 1.40. The number of Topliss-reactive ketones (excluding diaryl/α,β-unsaturated/α-hetero) is 1. The van der Waals surface area contributed by atoms with Crippen molar-refractivity contribution in [2.45, 2.75) is 25.8 Å². The molecule has 2 amide bonds. The van der Waals surface area contributed by atoms with Gasteiger partial charge >= 0.3 is 0 Å². The molecular formula is C11H22N6O3. The molecule has 0 aromatic carbocycles. The lowest BCUT2D eigenvalue weighted by molar-refractivity contribution is -0.129. The molecule has 8 N–H and O–H groups in total. The second-order valence-corrected chi connectivity index (χ2v) is 4.19. The van der Waals surface area contributed by atoms with E-state index in [4.69, 9.17) is 17.2 Å². The highest BCUT2D eigenvalue weighted by atomic mass is 16.2. The summed E-state index contributed by atoms with van der Waals surface area (Å²) in [6.07, 6.45) is 0.840. The van der Waals surface area contributed by atoms with Crippen molar-refractivity contribution in [1.29, 1.82) is 0 Å². The van der Waals surface area contributed by atoms with Gasteiger partial charge in [-0.15, -0.1) is 0 Å². The number of nitrogens with two attached hydrogens (primary N) is 3. The first kappa shape index (κ1) is 17.8. The maximum absolute atomic E-state index is 11.8. The van der Waals surface area contributed by atoms with Gasteiger partial charge in [-0.05, 0) is 19.8 Å². The Labute approximate surface area is 117 Å². The molecule has 0 aliphatic carbocycles. The minimum Gasteiger partial charge on any atom is -0.370 e. The number of nitrogens with zero attached hydrogens (tertiary/aromatic N) is 1. The monoisotopic (exact) mass is 286 g/mol. The summed E-state index contributed by atoms with van der Waals surface area (Å²) in [5.74, 6) is -1.10. The van der Waals surface area contributed by atoms with Gasteiger partial charge in [0.2, 0.25) is 11.8 Å². The Kier molecular flexibility index (Phi) is 8.68. The lowest BCUT2D eigenvalue weighted by atomic mass is 10.1. The van der Waals surface area contributed by atoms with Crippen LogP contribution in [0, 0.1) is 0 Å². The van der Waals surface area contributed by atoms with Crippen LogP contribution in [0.4, 0.5) is 0 Å². The summed E-state index contributed by atoms with van der Waals surface area (Å²) in [7, 11) is 0. The highest BCUT2D eigenvalue weighted by molar-refractivity contribution is 5.90. The molecule has 0 aromatic heterocycles. The molecule has 0 saturated heterocycles. The van der Waals surface area contributed by atoms with Gasteiger partial charge < -0.3 is 27.8 Å². The minimum absolute atomic E-state index is 0.0337. The standard InChI is InChI=1S/C11H22N6O3/c1-7(18)6-16-10(20)8(17-9(19)5-12)3-2-4-15-11(13)14/h8H,2-6,12H2,1H3,(H,16,20)(H,17,19)(H4,13,14,15). The molecule has 1 unspecified atom stereocenters. The van der Waals surface area contributed by atoms with Crippen molar-refractivity contribution in [3.63, 3.8) is 0 Å². The normalized spacial score (nSPS) is 11.3. The third kappa shape index (κ3) is 8.86. The summed E-state index contributed by atoms with van der Waals surface area (Å²) >= 11 is 0. The number of carbonyl (C=O) groups is 3. The SMILES string of the molecule is CC(=O)CNC(=O)C(CCCN=C(N)N)NC(=O)CN. The molecule has 1 atom stereocenters. The Morgan fingerprint density at radius 1 is 1.25 bits per heavy atom. The highest BCUT2D eigenvalue weighted by Crippen LogP contribution is 1.98. The van der Waals surface area contributed by atoms with Gasteiger partial charge in [0.1, 0.15) is 11.8 Å². The van der Waals surface area contributed by atoms with Gasteiger partial charge in [0, 0.05) is 6.54 Å². The second kappa shape index (κ2) is 9.73. The highest BCUT2D eigenvalue weighted by Gasteiger charge is 2.19. The van der Waals surface area contributed by atoms with Crippen molar-refractivity contribution in [3.8, 4) is 0 Å². The zero-order valence-electron chi connectivity index (χ0n) is 11.5. The first-order valence-electron chi connectivity index (χ1n) is 6.18. The summed E-state index contributed by atoms with van der Waals surface area (Å²) < 4.78 is 0. The number of hydrogen-bond donors (Lipinski definition) is 5. The van der Waals surface area contributed by atoms with Crippen LogP contribution in [0.15, 0.2) is 4.99 Å². The van der Waals surface area contributed by atoms with E-state index in [1.54, 1.807) is 0 Å². The number of nitrogens with one attached hydrogen (secondary N) is 2. The van der Waals surface area contributed by atoms with Crippen molar-refractivity contribution in [2.24, 2.45) is 22.2 Å². The van der Waals surface area contributed by atoms with Crippen LogP contribution in [0.25, 0.3) is 0 Å². The zero-order chi connectivity index (χ0) is 15.5. The van der Waals surface area contributed by atoms with Crippen molar-refractivity contribution in [3.05, 3.63) is 0 Å². The molecule has 0 aliphatic rings. The van der Waals surface area contributed by atoms with Crippen LogP contribution < -0.4 is 27.8 Å². The maximum atomic E-state index is 11.8. The van der Waals surface area contributed by atoms with Crippen LogP contribution in [-0.2, 0) is 14.4 Å². The van der Waals surface area contributed by atoms with E-state index in [0.29, 0.717) is 19.4 Å². The van der Waals surface area contributed by atoms with Crippen molar-refractivity contribution in [2.75, 3.05) is 19.6 Å². The number of amides is 2. The average Bonchev–Trinajstić information content (AvgIpc) is 2.38. The molecule has 0 aromatic rings. The zero-order valence-corrected chi connectivity index (χ0v) is 11.5. The van der Waals surface area contributed by atoms with Gasteiger partial charge in [0.25, 0.3) is 0 Å². The number of aliphatic imine (C=N–C) groups is 1. The third-order valence-corrected chi connectivity index (χ3v) is 2.29. The largest absolute Gasteiger partial charge is 0.370 e. The van der Waals surface area contributed by atoms with Gasteiger partial charge in [-0.3, -0.25) is 19.4 Å². The quantitative estimate of drug-likeness (QED) is 0.174. The van der Waals surface area contributed by atoms with Crippen LogP contribution >= 0.6 is 0 Å². The van der Waals surface area contributed by atoms with E-state index in [-0.39, 0.29) is 24.8 Å². The summed E-state index contributed by atoms with van der Waals surface area (Å²) in [5, 5.41) is 4.91. The van der Waals surface area contributed by atoms with Gasteiger partial charge in [-0.2, -0.15) is 0 Å². The predicted molar refractivity (Wildman–Crippen MR) is 74.6 cm³/mol. The van der Waals surface area contributed by atoms with Crippen molar-refractivity contribution >= 4 is 23.6 Å². The van der Waals surface area contributed by atoms with E-state index in [1.807, 2.05) is 0 Å². The van der Waals surface area contributed by atoms with Crippen LogP contribution in [-0.4, -0.2) is 49.2 Å². The molecule has 9 nitrogen and oxygen atoms in total. The molecule has 9 heteroatoms. The lowest BCUT2D eigenvalue weighted by Crippen LogP contribution is -2.49. The fraction of sp³-hybridized carbons (Fsp3) is 0.636. The van der Waals surface area contributed by atoms with E-state index in [0.717, 1.165) is 0 Å². The molecule has 0 aliphatic heterocycles. The number of rotatable bonds is 9. The van der Waals surface area contributed by atoms with E-state index in [9.17, 15) is 14.4 Å². The number of carbonyl (C=O) groups excluding carboxylic acids is 3. The van der Waals surface area contributed by atoms with Crippen LogP contribution in [0.2, 0.25) is 0 Å². The molecule has 114 valence electrons. The fourth-order valence-corrected chi connectivity index (χ4v) is 1.36. The Morgan fingerprint density at radius 2 is 1.90 bits per heavy atom. The number of hydrogen-bond acceptors (Lipinski definition) is 5. The first-order valence-corrected chi connectivity index (χ1v) is 6.18. The first-order chi connectivity index (χ1) is 9.36. The number of guanidine groups is 1. The molecule has 0 radical (unpaired) electrons. The molecule has 0 spiro atoms. The minimum atomic E-state index is -0.764. The van der Waals surface area contributed by atoms with Crippen molar-refractivity contribution in [1.82, 2.24) is 10.6 Å². The fourth-order valence-electron chi connectivity index (χ4n) is 1.36. The van der Waals surface area contributed by atoms with Gasteiger partial charge in [0.05, 0.1) is 13.1 Å². The van der Waals surface area contributed by atoms with Crippen LogP contribution in [0.1, 0.15) is 19.8 Å². The third-order valence-electron chi connectivity index (χ3n) is 2.29. The van der Waals surface area contributed by atoms with Crippen LogP contribution in [0.5, 0.6) is 0 Å². The molecule has 20 heavy (non-hydrogen) atoms. The summed E-state index contributed by atoms with van der Waals surface area (Å²) in [6, 6.07) is -0.764. The summed E-state index contributed by atoms with van der Waals surface area (Å²) in [4.78, 5) is 37.7. The number of ketones is 1. The van der Waals surface area contributed by atoms with Gasteiger partial charge in [0.15, 0.2) is 5.96 Å². The molecular weight excluding hydrogens is 264 g/mol. The van der Waals surface area contributed by atoms with E-state index < -0.39 is 17.9 Å². The van der Waals surface area contributed by atoms with E-state index in [1.165, 1.54) is 6.92 Å². The lowest BCUT2D eigenvalue weighted by Gasteiger charge is -2.17. The Bertz CT molecular complexity index is 378. The summed E-state index contributed by atoms with van der Waals surface area (Å²) in [5.41, 5.74) is 15.5. The van der Waals surface area contributed by atoms with E-state index >= 15 is 0 Å². The molecule has 0 rings (SSSR count). The second-order valence-electron chi connectivity index (χ2n) is 4.19. The van der Waals surface area contributed by atoms with Crippen molar-refractivity contribution < 1.29 is 14.4 Å².